The van der Waals surface area contributed by atoms with Gasteiger partial charge >= 0.3 is 0 Å². The van der Waals surface area contributed by atoms with Crippen molar-refractivity contribution in [2.24, 2.45) is 0 Å². The zero-order valence-corrected chi connectivity index (χ0v) is 20.5. The number of amides is 3. The van der Waals surface area contributed by atoms with Crippen LogP contribution in [0.15, 0.2) is 42.5 Å². The lowest BCUT2D eigenvalue weighted by Gasteiger charge is -2.26. The van der Waals surface area contributed by atoms with Gasteiger partial charge in [-0.25, -0.2) is 8.78 Å². The Kier molecular flexibility index (Phi) is 9.73. The average Bonchev–Trinajstić information content (AvgIpc) is 2.81. The van der Waals surface area contributed by atoms with Crippen molar-refractivity contribution in [3.05, 3.63) is 59.1 Å². The first-order valence-corrected chi connectivity index (χ1v) is 13.0. The lowest BCUT2D eigenvalue weighted by atomic mass is 9.95. The van der Waals surface area contributed by atoms with E-state index >= 15 is 0 Å². The minimum Gasteiger partial charge on any atom is -0.352 e. The maximum atomic E-state index is 13.7. The first kappa shape index (κ1) is 26.7. The van der Waals surface area contributed by atoms with E-state index in [1.807, 2.05) is 0 Å². The second kappa shape index (κ2) is 12.7. The van der Waals surface area contributed by atoms with Crippen LogP contribution in [0.5, 0.6) is 0 Å². The predicted molar refractivity (Wildman–Crippen MR) is 132 cm³/mol. The van der Waals surface area contributed by atoms with Gasteiger partial charge in [0.15, 0.2) is 0 Å². The van der Waals surface area contributed by atoms with Gasteiger partial charge in [0.05, 0.1) is 5.02 Å². The van der Waals surface area contributed by atoms with E-state index in [4.69, 9.17) is 11.6 Å². The fraction of sp³-hybridized carbons (Fsp3) is 0.375. The maximum Gasteiger partial charge on any atom is 0.240 e. The molecule has 0 bridgehead atoms. The number of nitrogens with one attached hydrogen (secondary N) is 2. The number of nitrogens with zero attached hydrogens (tertiary/aromatic N) is 1. The number of carbonyl (C=O) groups excluding carboxylic acids is 3. The average molecular weight is 526 g/mol. The van der Waals surface area contributed by atoms with Gasteiger partial charge in [-0.1, -0.05) is 30.9 Å². The van der Waals surface area contributed by atoms with E-state index in [0.29, 0.717) is 5.69 Å². The summed E-state index contributed by atoms with van der Waals surface area (Å²) >= 11 is 5.87. The summed E-state index contributed by atoms with van der Waals surface area (Å²) in [6, 6.07) is 8.65. The molecule has 7 nitrogen and oxygen atoms in total. The highest BCUT2D eigenvalue weighted by molar-refractivity contribution is 7.86. The fourth-order valence-corrected chi connectivity index (χ4v) is 4.86. The number of rotatable bonds is 9. The fourth-order valence-electron chi connectivity index (χ4n) is 3.78. The number of anilines is 2. The molecule has 3 amide bonds. The van der Waals surface area contributed by atoms with Crippen LogP contribution in [-0.4, -0.2) is 46.0 Å². The Bertz CT molecular complexity index is 1090. The van der Waals surface area contributed by atoms with Gasteiger partial charge in [0, 0.05) is 28.2 Å². The Morgan fingerprint density at radius 2 is 1.66 bits per heavy atom. The molecule has 1 fully saturated rings. The molecule has 0 aliphatic heterocycles. The monoisotopic (exact) mass is 525 g/mol. The minimum atomic E-state index is -1.90. The van der Waals surface area contributed by atoms with Crippen LogP contribution in [0.4, 0.5) is 20.2 Å². The molecule has 0 spiro atoms. The molecular formula is C24H26ClF2N3O4S. The molecule has 188 valence electrons. The van der Waals surface area contributed by atoms with E-state index in [1.54, 1.807) is 0 Å². The molecule has 0 saturated heterocycles. The molecule has 0 aromatic heterocycles. The Morgan fingerprint density at radius 1 is 0.971 bits per heavy atom. The van der Waals surface area contributed by atoms with Crippen LogP contribution >= 0.6 is 11.6 Å². The van der Waals surface area contributed by atoms with Crippen LogP contribution in [0.2, 0.25) is 5.02 Å². The van der Waals surface area contributed by atoms with E-state index in [-0.39, 0.29) is 23.3 Å². The summed E-state index contributed by atoms with van der Waals surface area (Å²) in [6.45, 7) is -0.365. The summed E-state index contributed by atoms with van der Waals surface area (Å²) in [5, 5.41) is 5.16. The van der Waals surface area contributed by atoms with Crippen LogP contribution in [0.1, 0.15) is 32.1 Å². The largest absolute Gasteiger partial charge is 0.352 e. The highest BCUT2D eigenvalue weighted by Crippen LogP contribution is 2.23. The first-order chi connectivity index (χ1) is 16.7. The molecule has 1 aliphatic rings. The zero-order valence-electron chi connectivity index (χ0n) is 18.9. The molecule has 2 aromatic carbocycles. The van der Waals surface area contributed by atoms with Gasteiger partial charge in [0.2, 0.25) is 17.7 Å². The number of hydrogen-bond acceptors (Lipinski definition) is 4. The highest BCUT2D eigenvalue weighted by Gasteiger charge is 2.24. The minimum absolute atomic E-state index is 0.0225. The molecule has 3 rings (SSSR count). The normalized spacial score (nSPS) is 14.7. The standard InChI is InChI=1S/C24H26ClF2N3O4S/c25-20-12-19(10-11-21(20)27)30(13-22(31)28-17-4-2-1-3-5-17)24(33)15-35(34)14-23(32)29-18-8-6-16(26)7-9-18/h6-12,17H,1-5,13-15H2,(H,28,31)(H,29,32)/t35-/m1/s1. The Balaban J connectivity index is 1.64. The van der Waals surface area contributed by atoms with Crippen molar-refractivity contribution in [1.29, 1.82) is 0 Å². The number of carbonyl (C=O) groups is 3. The van der Waals surface area contributed by atoms with Crippen LogP contribution in [-0.2, 0) is 25.2 Å². The Hall–Kier alpha value is -2.85. The molecule has 0 heterocycles. The summed E-state index contributed by atoms with van der Waals surface area (Å²) in [4.78, 5) is 38.9. The molecule has 1 saturated carbocycles. The summed E-state index contributed by atoms with van der Waals surface area (Å²) < 4.78 is 39.2. The van der Waals surface area contributed by atoms with Gasteiger partial charge in [-0.3, -0.25) is 18.6 Å². The summed E-state index contributed by atoms with van der Waals surface area (Å²) in [5.41, 5.74) is 0.495. The van der Waals surface area contributed by atoms with Gasteiger partial charge in [0.25, 0.3) is 0 Å². The Morgan fingerprint density at radius 3 is 2.31 bits per heavy atom. The van der Waals surface area contributed by atoms with Gasteiger partial charge in [0.1, 0.15) is 29.7 Å². The van der Waals surface area contributed by atoms with Crippen molar-refractivity contribution in [1.82, 2.24) is 5.32 Å². The van der Waals surface area contributed by atoms with E-state index in [1.165, 1.54) is 36.4 Å². The first-order valence-electron chi connectivity index (χ1n) is 11.2. The summed E-state index contributed by atoms with van der Waals surface area (Å²) in [7, 11) is -1.90. The van der Waals surface area contributed by atoms with E-state index in [2.05, 4.69) is 10.6 Å². The second-order valence-corrected chi connectivity index (χ2v) is 10.1. The van der Waals surface area contributed by atoms with E-state index < -0.39 is 51.7 Å². The lowest BCUT2D eigenvalue weighted by molar-refractivity contribution is -0.123. The van der Waals surface area contributed by atoms with Gasteiger partial charge in [-0.05, 0) is 55.3 Å². The maximum absolute atomic E-state index is 13.7. The van der Waals surface area contributed by atoms with Gasteiger partial charge < -0.3 is 15.5 Å². The molecule has 1 aliphatic carbocycles. The number of halogens is 3. The molecule has 35 heavy (non-hydrogen) atoms. The second-order valence-electron chi connectivity index (χ2n) is 8.26. The molecule has 11 heteroatoms. The van der Waals surface area contributed by atoms with Crippen LogP contribution in [0.3, 0.4) is 0 Å². The molecule has 0 radical (unpaired) electrons. The van der Waals surface area contributed by atoms with Crippen LogP contribution in [0, 0.1) is 11.6 Å². The third kappa shape index (κ3) is 8.40. The van der Waals surface area contributed by atoms with Crippen molar-refractivity contribution in [3.63, 3.8) is 0 Å². The lowest BCUT2D eigenvalue weighted by Crippen LogP contribution is -2.46. The third-order valence-electron chi connectivity index (χ3n) is 5.49. The Labute approximate surface area is 209 Å². The van der Waals surface area contributed by atoms with Crippen molar-refractivity contribution in [3.8, 4) is 0 Å². The van der Waals surface area contributed by atoms with Gasteiger partial charge in [-0.2, -0.15) is 0 Å². The zero-order chi connectivity index (χ0) is 25.4. The SMILES string of the molecule is O=C(C[S@@](=O)CC(=O)N(CC(=O)NC1CCCCC1)c1ccc(F)c(Cl)c1)Nc1ccc(F)cc1. The molecule has 1 atom stereocenters. The van der Waals surface area contributed by atoms with Crippen LogP contribution < -0.4 is 15.5 Å². The molecule has 0 unspecified atom stereocenters. The highest BCUT2D eigenvalue weighted by atomic mass is 35.5. The van der Waals surface area contributed by atoms with Crippen molar-refractivity contribution < 1.29 is 27.4 Å². The molecular weight excluding hydrogens is 500 g/mol. The topological polar surface area (TPSA) is 95.6 Å². The summed E-state index contributed by atoms with van der Waals surface area (Å²) in [5.74, 6) is -3.86. The van der Waals surface area contributed by atoms with Crippen LogP contribution in [0.25, 0.3) is 0 Å². The van der Waals surface area contributed by atoms with Crippen molar-refractivity contribution >= 4 is 51.5 Å². The quantitative estimate of drug-likeness (QED) is 0.521. The number of benzene rings is 2. The molecule has 2 aromatic rings. The summed E-state index contributed by atoms with van der Waals surface area (Å²) in [6.07, 6.45) is 4.86. The smallest absolute Gasteiger partial charge is 0.240 e. The van der Waals surface area contributed by atoms with E-state index in [0.717, 1.165) is 43.1 Å². The molecule has 2 N–H and O–H groups in total. The predicted octanol–water partition coefficient (Wildman–Crippen LogP) is 3.79. The van der Waals surface area contributed by atoms with Gasteiger partial charge in [-0.15, -0.1) is 0 Å². The van der Waals surface area contributed by atoms with Crippen molar-refractivity contribution in [2.45, 2.75) is 38.1 Å². The van der Waals surface area contributed by atoms with Crippen molar-refractivity contribution in [2.75, 3.05) is 28.3 Å². The van der Waals surface area contributed by atoms with E-state index in [9.17, 15) is 27.4 Å². The third-order valence-corrected chi connectivity index (χ3v) is 6.94. The number of hydrogen-bond donors (Lipinski definition) is 2.